The highest BCUT2D eigenvalue weighted by molar-refractivity contribution is 7.21. The summed E-state index contributed by atoms with van der Waals surface area (Å²) in [6.07, 6.45) is -0.507. The number of amides is 2. The van der Waals surface area contributed by atoms with Gasteiger partial charge in [-0.25, -0.2) is 4.79 Å². The number of rotatable bonds is 5. The molecule has 5 nitrogen and oxygen atoms in total. The van der Waals surface area contributed by atoms with Gasteiger partial charge in [0.05, 0.1) is 11.5 Å². The van der Waals surface area contributed by atoms with Crippen LogP contribution in [0.1, 0.15) is 29.1 Å². The van der Waals surface area contributed by atoms with Crippen LogP contribution >= 0.6 is 11.3 Å². The molecule has 0 aliphatic heterocycles. The summed E-state index contributed by atoms with van der Waals surface area (Å²) >= 11 is 1.47. The van der Waals surface area contributed by atoms with E-state index in [1.54, 1.807) is 24.3 Å². The number of ether oxygens (including phenoxy) is 1. The maximum Gasteiger partial charge on any atom is 0.411 e. The highest BCUT2D eigenvalue weighted by Gasteiger charge is 2.15. The van der Waals surface area contributed by atoms with Gasteiger partial charge < -0.3 is 10.1 Å². The van der Waals surface area contributed by atoms with Crippen LogP contribution in [0.15, 0.2) is 48.5 Å². The number of thiophene rings is 1. The van der Waals surface area contributed by atoms with E-state index >= 15 is 0 Å². The van der Waals surface area contributed by atoms with Crippen LogP contribution in [0.2, 0.25) is 0 Å². The van der Waals surface area contributed by atoms with Crippen molar-refractivity contribution in [1.82, 2.24) is 0 Å². The molecule has 0 spiro atoms. The molecule has 0 bridgehead atoms. The average molecular weight is 382 g/mol. The monoisotopic (exact) mass is 382 g/mol. The molecule has 2 aromatic carbocycles. The summed E-state index contributed by atoms with van der Waals surface area (Å²) in [5.41, 5.74) is 2.15. The van der Waals surface area contributed by atoms with Crippen LogP contribution in [-0.4, -0.2) is 18.6 Å². The lowest BCUT2D eigenvalue weighted by atomic mass is 10.1. The third kappa shape index (κ3) is 4.65. The highest BCUT2D eigenvalue weighted by Crippen LogP contribution is 2.31. The molecule has 0 radical (unpaired) electrons. The van der Waals surface area contributed by atoms with Crippen molar-refractivity contribution in [3.63, 3.8) is 0 Å². The molecule has 0 atom stereocenters. The molecule has 27 heavy (non-hydrogen) atoms. The Morgan fingerprint density at radius 1 is 1.04 bits per heavy atom. The van der Waals surface area contributed by atoms with Crippen molar-refractivity contribution < 1.29 is 14.3 Å². The van der Waals surface area contributed by atoms with Gasteiger partial charge in [0.15, 0.2) is 0 Å². The van der Waals surface area contributed by atoms with Gasteiger partial charge in [-0.1, -0.05) is 38.1 Å². The molecular weight excluding hydrogens is 360 g/mol. The van der Waals surface area contributed by atoms with E-state index < -0.39 is 6.09 Å². The average Bonchev–Trinajstić information content (AvgIpc) is 2.97. The number of benzene rings is 2. The Bertz CT molecular complexity index is 978. The second-order valence-electron chi connectivity index (χ2n) is 6.70. The Hall–Kier alpha value is -2.86. The van der Waals surface area contributed by atoms with E-state index in [0.29, 0.717) is 22.9 Å². The maximum atomic E-state index is 12.7. The van der Waals surface area contributed by atoms with Crippen LogP contribution in [0.25, 0.3) is 10.1 Å². The summed E-state index contributed by atoms with van der Waals surface area (Å²) in [6, 6.07) is 15.0. The first-order valence-electron chi connectivity index (χ1n) is 8.77. The quantitative estimate of drug-likeness (QED) is 0.598. The predicted molar refractivity (Wildman–Crippen MR) is 111 cm³/mol. The van der Waals surface area contributed by atoms with Crippen molar-refractivity contribution in [2.45, 2.75) is 20.8 Å². The SMILES string of the molecule is Cc1c(C(=O)Nc2cccc(NC(=O)OCC(C)C)c2)sc2ccccc12. The van der Waals surface area contributed by atoms with Gasteiger partial charge in [-0.15, -0.1) is 11.3 Å². The Labute approximate surface area is 162 Å². The van der Waals surface area contributed by atoms with Gasteiger partial charge >= 0.3 is 6.09 Å². The van der Waals surface area contributed by atoms with E-state index in [4.69, 9.17) is 4.74 Å². The minimum Gasteiger partial charge on any atom is -0.449 e. The van der Waals surface area contributed by atoms with Crippen LogP contribution in [0.4, 0.5) is 16.2 Å². The van der Waals surface area contributed by atoms with Crippen molar-refractivity contribution in [3.8, 4) is 0 Å². The van der Waals surface area contributed by atoms with Crippen LogP contribution in [-0.2, 0) is 4.74 Å². The summed E-state index contributed by atoms with van der Waals surface area (Å²) in [5.74, 6) is 0.110. The summed E-state index contributed by atoms with van der Waals surface area (Å²) in [6.45, 7) is 6.25. The Kier molecular flexibility index (Phi) is 5.76. The van der Waals surface area contributed by atoms with Gasteiger partial charge in [0, 0.05) is 16.1 Å². The van der Waals surface area contributed by atoms with Gasteiger partial charge in [-0.05, 0) is 48.1 Å². The third-order valence-corrected chi connectivity index (χ3v) is 5.24. The Morgan fingerprint density at radius 2 is 1.74 bits per heavy atom. The largest absolute Gasteiger partial charge is 0.449 e. The molecule has 2 N–H and O–H groups in total. The molecule has 1 heterocycles. The lowest BCUT2D eigenvalue weighted by Crippen LogP contribution is -2.17. The predicted octanol–water partition coefficient (Wildman–Crippen LogP) is 5.67. The number of hydrogen-bond donors (Lipinski definition) is 2. The van der Waals surface area contributed by atoms with Gasteiger partial charge in [-0.2, -0.15) is 0 Å². The second-order valence-corrected chi connectivity index (χ2v) is 7.76. The molecule has 0 saturated heterocycles. The molecule has 0 aliphatic carbocycles. The molecular formula is C21H22N2O3S. The summed E-state index contributed by atoms with van der Waals surface area (Å²) < 4.78 is 6.20. The number of nitrogens with one attached hydrogen (secondary N) is 2. The molecule has 0 saturated carbocycles. The Morgan fingerprint density at radius 3 is 2.44 bits per heavy atom. The van der Waals surface area contributed by atoms with Crippen molar-refractivity contribution in [3.05, 3.63) is 59.0 Å². The van der Waals surface area contributed by atoms with E-state index in [-0.39, 0.29) is 11.8 Å². The van der Waals surface area contributed by atoms with Gasteiger partial charge in [-0.3, -0.25) is 10.1 Å². The van der Waals surface area contributed by atoms with E-state index in [0.717, 1.165) is 15.6 Å². The number of carbonyl (C=O) groups excluding carboxylic acids is 2. The first-order chi connectivity index (χ1) is 12.9. The fourth-order valence-corrected chi connectivity index (χ4v) is 3.75. The standard InChI is InChI=1S/C21H22N2O3S/c1-13(2)12-26-21(25)23-16-8-6-7-15(11-16)22-20(24)19-14(3)17-9-4-5-10-18(17)27-19/h4-11,13H,12H2,1-3H3,(H,22,24)(H,23,25). The normalized spacial score (nSPS) is 10.8. The molecule has 6 heteroatoms. The molecule has 3 rings (SSSR count). The fourth-order valence-electron chi connectivity index (χ4n) is 2.65. The fraction of sp³-hybridized carbons (Fsp3) is 0.238. The zero-order valence-corrected chi connectivity index (χ0v) is 16.4. The number of fused-ring (bicyclic) bond motifs is 1. The molecule has 0 unspecified atom stereocenters. The van der Waals surface area contributed by atoms with E-state index in [1.807, 2.05) is 45.0 Å². The zero-order valence-electron chi connectivity index (χ0n) is 15.5. The highest BCUT2D eigenvalue weighted by atomic mass is 32.1. The summed E-state index contributed by atoms with van der Waals surface area (Å²) in [7, 11) is 0. The van der Waals surface area contributed by atoms with Crippen molar-refractivity contribution in [1.29, 1.82) is 0 Å². The van der Waals surface area contributed by atoms with Gasteiger partial charge in [0.2, 0.25) is 0 Å². The summed E-state index contributed by atoms with van der Waals surface area (Å²) in [4.78, 5) is 25.2. The van der Waals surface area contributed by atoms with Gasteiger partial charge in [0.25, 0.3) is 5.91 Å². The van der Waals surface area contributed by atoms with Crippen molar-refractivity contribution in [2.75, 3.05) is 17.2 Å². The topological polar surface area (TPSA) is 67.4 Å². The minimum absolute atomic E-state index is 0.159. The number of aryl methyl sites for hydroxylation is 1. The first kappa shape index (κ1) is 18.9. The molecule has 0 fully saturated rings. The van der Waals surface area contributed by atoms with Crippen LogP contribution in [0, 0.1) is 12.8 Å². The smallest absolute Gasteiger partial charge is 0.411 e. The molecule has 3 aromatic rings. The molecule has 1 aromatic heterocycles. The van der Waals surface area contributed by atoms with Crippen LogP contribution < -0.4 is 10.6 Å². The number of hydrogen-bond acceptors (Lipinski definition) is 4. The minimum atomic E-state index is -0.507. The lowest BCUT2D eigenvalue weighted by Gasteiger charge is -2.10. The third-order valence-electron chi connectivity index (χ3n) is 3.96. The second kappa shape index (κ2) is 8.22. The molecule has 140 valence electrons. The van der Waals surface area contributed by atoms with Crippen molar-refractivity contribution in [2.24, 2.45) is 5.92 Å². The molecule has 2 amide bonds. The van der Waals surface area contributed by atoms with Crippen LogP contribution in [0.5, 0.6) is 0 Å². The maximum absolute atomic E-state index is 12.7. The molecule has 0 aliphatic rings. The Balaban J connectivity index is 1.71. The van der Waals surface area contributed by atoms with E-state index in [1.165, 1.54) is 11.3 Å². The number of carbonyl (C=O) groups is 2. The van der Waals surface area contributed by atoms with Crippen molar-refractivity contribution >= 4 is 44.8 Å². The summed E-state index contributed by atoms with van der Waals surface area (Å²) in [5, 5.41) is 6.67. The van der Waals surface area contributed by atoms with Gasteiger partial charge in [0.1, 0.15) is 0 Å². The van der Waals surface area contributed by atoms with E-state index in [9.17, 15) is 9.59 Å². The zero-order chi connectivity index (χ0) is 19.4. The number of anilines is 2. The van der Waals surface area contributed by atoms with Crippen LogP contribution in [0.3, 0.4) is 0 Å². The van der Waals surface area contributed by atoms with E-state index in [2.05, 4.69) is 10.6 Å². The first-order valence-corrected chi connectivity index (χ1v) is 9.59. The lowest BCUT2D eigenvalue weighted by molar-refractivity contribution is 0.103.